The van der Waals surface area contributed by atoms with E-state index >= 15 is 0 Å². The van der Waals surface area contributed by atoms with Crippen molar-refractivity contribution in [3.8, 4) is 11.3 Å². The van der Waals surface area contributed by atoms with Crippen molar-refractivity contribution in [2.75, 3.05) is 28.2 Å². The number of anilines is 3. The van der Waals surface area contributed by atoms with E-state index in [4.69, 9.17) is 4.74 Å². The number of carbonyl (C=O) groups excluding carboxylic acids is 2. The minimum atomic E-state index is -4.50. The lowest BCUT2D eigenvalue weighted by atomic mass is 10.1. The Morgan fingerprint density at radius 2 is 1.91 bits per heavy atom. The lowest BCUT2D eigenvalue weighted by Gasteiger charge is -2.36. The maximum Gasteiger partial charge on any atom is 0.416 e. The molecule has 2 bridgehead atoms. The predicted molar refractivity (Wildman–Crippen MR) is 122 cm³/mol. The molecule has 2 amide bonds. The largest absolute Gasteiger partial charge is 0.458 e. The summed E-state index contributed by atoms with van der Waals surface area (Å²) in [5.74, 6) is 0.104. The lowest BCUT2D eigenvalue weighted by molar-refractivity contribution is -0.145. The average Bonchev–Trinajstić information content (AvgIpc) is 3.16. The van der Waals surface area contributed by atoms with E-state index in [0.717, 1.165) is 12.1 Å². The van der Waals surface area contributed by atoms with Crippen LogP contribution in [-0.4, -0.2) is 47.2 Å². The first kappa shape index (κ1) is 22.6. The normalized spacial score (nSPS) is 18.7. The molecule has 4 heterocycles. The Morgan fingerprint density at radius 3 is 2.63 bits per heavy atom. The number of halogens is 3. The van der Waals surface area contributed by atoms with Crippen LogP contribution in [0.1, 0.15) is 12.5 Å². The SMILES string of the molecule is CC(=O)O[C@@H]1CN2C[C@H]1N(C(=O)Nc1ccccn1)c1nc(-c3cccc(C(F)(F)F)c3)ccc12. The summed E-state index contributed by atoms with van der Waals surface area (Å²) in [5.41, 5.74) is 0.356. The number of urea groups is 1. The van der Waals surface area contributed by atoms with E-state index in [2.05, 4.69) is 15.3 Å². The molecule has 5 rings (SSSR count). The molecule has 1 saturated heterocycles. The zero-order chi connectivity index (χ0) is 24.7. The first-order valence-electron chi connectivity index (χ1n) is 10.8. The quantitative estimate of drug-likeness (QED) is 0.558. The van der Waals surface area contributed by atoms with Crippen molar-refractivity contribution in [1.29, 1.82) is 0 Å². The summed E-state index contributed by atoms with van der Waals surface area (Å²) in [6, 6.07) is 12.2. The molecule has 3 aromatic rings. The van der Waals surface area contributed by atoms with E-state index in [1.54, 1.807) is 30.3 Å². The van der Waals surface area contributed by atoms with E-state index in [9.17, 15) is 22.8 Å². The fourth-order valence-electron chi connectivity index (χ4n) is 4.42. The fourth-order valence-corrected chi connectivity index (χ4v) is 4.42. The minimum Gasteiger partial charge on any atom is -0.458 e. The molecule has 11 heteroatoms. The molecule has 2 aromatic heterocycles. The number of hydrogen-bond acceptors (Lipinski definition) is 6. The third-order valence-corrected chi connectivity index (χ3v) is 5.91. The molecule has 0 aliphatic carbocycles. The van der Waals surface area contributed by atoms with Gasteiger partial charge in [-0.1, -0.05) is 18.2 Å². The highest BCUT2D eigenvalue weighted by Crippen LogP contribution is 2.41. The van der Waals surface area contributed by atoms with Crippen LogP contribution in [-0.2, 0) is 15.7 Å². The van der Waals surface area contributed by atoms with Crippen LogP contribution < -0.4 is 15.1 Å². The second kappa shape index (κ2) is 8.57. The number of rotatable bonds is 3. The standard InChI is InChI=1S/C24H20F3N5O3/c1-14(33)35-20-13-31-12-19(20)32(23(34)30-21-7-2-3-10-28-21)22-18(31)9-8-17(29-22)15-5-4-6-16(11-15)24(25,26)27/h2-11,19-20H,12-13H2,1H3,(H,28,30,34)/t19-,20-/m1/s1. The van der Waals surface area contributed by atoms with E-state index in [0.29, 0.717) is 24.6 Å². The van der Waals surface area contributed by atoms with Crippen LogP contribution in [0.5, 0.6) is 0 Å². The molecule has 0 unspecified atom stereocenters. The number of amides is 2. The van der Waals surface area contributed by atoms with Crippen molar-refractivity contribution in [3.05, 3.63) is 66.4 Å². The molecule has 1 aromatic carbocycles. The Bertz CT molecular complexity index is 1280. The lowest BCUT2D eigenvalue weighted by Crippen LogP contribution is -2.52. The molecular formula is C24H20F3N5O3. The van der Waals surface area contributed by atoms with Crippen molar-refractivity contribution in [1.82, 2.24) is 9.97 Å². The van der Waals surface area contributed by atoms with Crippen molar-refractivity contribution in [2.24, 2.45) is 0 Å². The third-order valence-electron chi connectivity index (χ3n) is 5.91. The molecule has 1 N–H and O–H groups in total. The van der Waals surface area contributed by atoms with Gasteiger partial charge in [0.15, 0.2) is 5.82 Å². The Kier molecular flexibility index (Phi) is 5.54. The average molecular weight is 483 g/mol. The molecule has 35 heavy (non-hydrogen) atoms. The summed E-state index contributed by atoms with van der Waals surface area (Å²) in [4.78, 5) is 37.2. The van der Waals surface area contributed by atoms with Crippen LogP contribution >= 0.6 is 0 Å². The number of pyridine rings is 2. The molecule has 2 aliphatic rings. The van der Waals surface area contributed by atoms with Gasteiger partial charge in [-0.2, -0.15) is 13.2 Å². The van der Waals surface area contributed by atoms with Crippen molar-refractivity contribution in [2.45, 2.75) is 25.2 Å². The summed E-state index contributed by atoms with van der Waals surface area (Å²) >= 11 is 0. The number of benzene rings is 1. The predicted octanol–water partition coefficient (Wildman–Crippen LogP) is 4.33. The summed E-state index contributed by atoms with van der Waals surface area (Å²) in [6.07, 6.45) is -3.57. The summed E-state index contributed by atoms with van der Waals surface area (Å²) in [6.45, 7) is 2.06. The molecule has 0 radical (unpaired) electrons. The van der Waals surface area contributed by atoms with Gasteiger partial charge < -0.3 is 9.64 Å². The van der Waals surface area contributed by atoms with Crippen molar-refractivity contribution >= 4 is 29.3 Å². The second-order valence-electron chi connectivity index (χ2n) is 8.25. The van der Waals surface area contributed by atoms with E-state index in [1.165, 1.54) is 30.2 Å². The third kappa shape index (κ3) is 4.36. The highest BCUT2D eigenvalue weighted by Gasteiger charge is 2.48. The molecular weight excluding hydrogens is 463 g/mol. The summed E-state index contributed by atoms with van der Waals surface area (Å²) in [7, 11) is 0. The number of fused-ring (bicyclic) bond motifs is 4. The van der Waals surface area contributed by atoms with Crippen LogP contribution in [0.15, 0.2) is 60.8 Å². The smallest absolute Gasteiger partial charge is 0.416 e. The number of carbonyl (C=O) groups is 2. The first-order chi connectivity index (χ1) is 16.7. The Hall–Kier alpha value is -4.15. The van der Waals surface area contributed by atoms with Gasteiger partial charge in [0.1, 0.15) is 11.9 Å². The van der Waals surface area contributed by atoms with Gasteiger partial charge in [0, 0.05) is 25.2 Å². The molecule has 0 spiro atoms. The van der Waals surface area contributed by atoms with Gasteiger partial charge in [0.05, 0.1) is 29.5 Å². The number of esters is 1. The molecule has 0 saturated carbocycles. The number of ether oxygens (including phenoxy) is 1. The molecule has 8 nitrogen and oxygen atoms in total. The molecule has 180 valence electrons. The van der Waals surface area contributed by atoms with Crippen LogP contribution in [0.3, 0.4) is 0 Å². The topological polar surface area (TPSA) is 87.7 Å². The summed E-state index contributed by atoms with van der Waals surface area (Å²) in [5, 5.41) is 2.73. The number of nitrogens with zero attached hydrogens (tertiary/aromatic N) is 4. The number of aromatic nitrogens is 2. The van der Waals surface area contributed by atoms with E-state index in [-0.39, 0.29) is 17.1 Å². The zero-order valence-electron chi connectivity index (χ0n) is 18.5. The van der Waals surface area contributed by atoms with Crippen LogP contribution in [0.2, 0.25) is 0 Å². The van der Waals surface area contributed by atoms with Crippen LogP contribution in [0.25, 0.3) is 11.3 Å². The monoisotopic (exact) mass is 483 g/mol. The van der Waals surface area contributed by atoms with E-state index < -0.39 is 35.9 Å². The molecule has 1 fully saturated rings. The Morgan fingerprint density at radius 1 is 1.09 bits per heavy atom. The van der Waals surface area contributed by atoms with Gasteiger partial charge in [-0.05, 0) is 36.4 Å². The van der Waals surface area contributed by atoms with Gasteiger partial charge >= 0.3 is 18.2 Å². The van der Waals surface area contributed by atoms with E-state index in [1.807, 2.05) is 4.90 Å². The zero-order valence-corrected chi connectivity index (χ0v) is 18.5. The minimum absolute atomic E-state index is 0.261. The van der Waals surface area contributed by atoms with Crippen LogP contribution in [0, 0.1) is 0 Å². The number of nitrogens with one attached hydrogen (secondary N) is 1. The van der Waals surface area contributed by atoms with Gasteiger partial charge in [-0.15, -0.1) is 0 Å². The Balaban J connectivity index is 1.56. The van der Waals surface area contributed by atoms with Crippen molar-refractivity contribution < 1.29 is 27.5 Å². The number of alkyl halides is 3. The maximum absolute atomic E-state index is 13.4. The van der Waals surface area contributed by atoms with Gasteiger partial charge in [0.25, 0.3) is 0 Å². The fraction of sp³-hybridized carbons (Fsp3) is 0.250. The second-order valence-corrected chi connectivity index (χ2v) is 8.25. The van der Waals surface area contributed by atoms with Gasteiger partial charge in [-0.3, -0.25) is 15.0 Å². The molecule has 2 atom stereocenters. The van der Waals surface area contributed by atoms with Crippen molar-refractivity contribution in [3.63, 3.8) is 0 Å². The first-order valence-corrected chi connectivity index (χ1v) is 10.8. The maximum atomic E-state index is 13.4. The number of hydrogen-bond donors (Lipinski definition) is 1. The molecule has 2 aliphatic heterocycles. The van der Waals surface area contributed by atoms with Gasteiger partial charge in [0.2, 0.25) is 0 Å². The van der Waals surface area contributed by atoms with Crippen LogP contribution in [0.4, 0.5) is 35.3 Å². The van der Waals surface area contributed by atoms with Gasteiger partial charge in [-0.25, -0.2) is 14.8 Å². The highest BCUT2D eigenvalue weighted by atomic mass is 19.4. The Labute approximate surface area is 198 Å². The summed E-state index contributed by atoms with van der Waals surface area (Å²) < 4.78 is 45.2. The highest BCUT2D eigenvalue weighted by molar-refractivity contribution is 6.04.